The molecule has 1 aliphatic rings. The molecule has 0 amide bonds. The summed E-state index contributed by atoms with van der Waals surface area (Å²) in [5.74, 6) is 0. The first kappa shape index (κ1) is 15.2. The molecule has 2 heterocycles. The number of aliphatic hydroxyl groups is 1. The number of aliphatic hydroxyl groups excluding tert-OH is 1. The Kier molecular flexibility index (Phi) is 4.29. The van der Waals surface area contributed by atoms with Gasteiger partial charge in [0.25, 0.3) is 0 Å². The van der Waals surface area contributed by atoms with Crippen LogP contribution in [0.25, 0.3) is 10.9 Å². The Balaban J connectivity index is 1.93. The Hall–Kier alpha value is -1.69. The van der Waals surface area contributed by atoms with Gasteiger partial charge >= 0.3 is 0 Å². The highest BCUT2D eigenvalue weighted by Crippen LogP contribution is 2.17. The maximum absolute atomic E-state index is 12.4. The van der Waals surface area contributed by atoms with Gasteiger partial charge in [0.05, 0.1) is 24.8 Å². The minimum atomic E-state index is -0.473. The predicted molar refractivity (Wildman–Crippen MR) is 86.1 cm³/mol. The van der Waals surface area contributed by atoms with Gasteiger partial charge in [0.2, 0.25) is 0 Å². The number of nitrogens with one attached hydrogen (secondary N) is 1. The van der Waals surface area contributed by atoms with Crippen molar-refractivity contribution in [3.8, 4) is 0 Å². The monoisotopic (exact) mass is 302 g/mol. The lowest BCUT2D eigenvalue weighted by molar-refractivity contribution is 0.0562. The van der Waals surface area contributed by atoms with Gasteiger partial charge < -0.3 is 14.8 Å². The van der Waals surface area contributed by atoms with Crippen molar-refractivity contribution in [1.29, 1.82) is 0 Å². The summed E-state index contributed by atoms with van der Waals surface area (Å²) in [5.41, 5.74) is 3.99. The predicted octanol–water partition coefficient (Wildman–Crippen LogP) is 1.34. The molecule has 1 aliphatic heterocycles. The molecule has 2 aromatic rings. The number of rotatable bonds is 2. The second-order valence-corrected chi connectivity index (χ2v) is 6.13. The summed E-state index contributed by atoms with van der Waals surface area (Å²) in [5, 5.41) is 10.5. The van der Waals surface area contributed by atoms with Gasteiger partial charge in [-0.25, -0.2) is 0 Å². The smallest absolute Gasteiger partial charge is 0.189 e. The molecule has 3 rings (SSSR count). The Morgan fingerprint density at radius 2 is 2.18 bits per heavy atom. The highest BCUT2D eigenvalue weighted by Gasteiger charge is 2.17. The number of β-amino-alcohol motifs (C(OH)–C–C–N with tert-alkyl or cyclic N) is 1. The van der Waals surface area contributed by atoms with E-state index in [4.69, 9.17) is 4.74 Å². The molecule has 22 heavy (non-hydrogen) atoms. The van der Waals surface area contributed by atoms with E-state index in [1.54, 1.807) is 6.07 Å². The molecule has 5 nitrogen and oxygen atoms in total. The number of fused-ring (bicyclic) bond motifs is 1. The maximum Gasteiger partial charge on any atom is 0.189 e. The number of pyridine rings is 1. The second kappa shape index (κ2) is 6.20. The fourth-order valence-corrected chi connectivity index (χ4v) is 3.09. The number of hydrogen-bond donors (Lipinski definition) is 2. The molecular weight excluding hydrogens is 280 g/mol. The van der Waals surface area contributed by atoms with E-state index in [0.29, 0.717) is 26.3 Å². The first-order valence-electron chi connectivity index (χ1n) is 7.64. The Bertz CT molecular complexity index is 738. The van der Waals surface area contributed by atoms with E-state index < -0.39 is 6.10 Å². The molecule has 2 N–H and O–H groups in total. The van der Waals surface area contributed by atoms with Gasteiger partial charge in [0, 0.05) is 36.8 Å². The normalized spacial score (nSPS) is 20.2. The third-order valence-electron chi connectivity index (χ3n) is 4.06. The van der Waals surface area contributed by atoms with E-state index in [0.717, 1.165) is 34.3 Å². The summed E-state index contributed by atoms with van der Waals surface area (Å²) in [7, 11) is 0. The van der Waals surface area contributed by atoms with E-state index in [-0.39, 0.29) is 5.43 Å². The molecular formula is C17H22N2O3. The van der Waals surface area contributed by atoms with Crippen LogP contribution in [-0.2, 0) is 11.3 Å². The quantitative estimate of drug-likeness (QED) is 0.878. The first-order valence-corrected chi connectivity index (χ1v) is 7.64. The van der Waals surface area contributed by atoms with E-state index in [2.05, 4.69) is 16.0 Å². The molecule has 0 unspecified atom stereocenters. The molecule has 1 atom stereocenters. The summed E-state index contributed by atoms with van der Waals surface area (Å²) in [4.78, 5) is 17.9. The van der Waals surface area contributed by atoms with E-state index in [1.807, 2.05) is 19.9 Å². The number of aromatic nitrogens is 1. The number of benzene rings is 1. The van der Waals surface area contributed by atoms with Crippen LogP contribution in [0.2, 0.25) is 0 Å². The molecule has 0 bridgehead atoms. The number of hydrogen-bond acceptors (Lipinski definition) is 4. The number of nitrogens with zero attached hydrogens (tertiary/aromatic N) is 1. The van der Waals surface area contributed by atoms with Crippen molar-refractivity contribution in [1.82, 2.24) is 9.88 Å². The molecule has 1 fully saturated rings. The zero-order valence-electron chi connectivity index (χ0n) is 13.1. The third-order valence-corrected chi connectivity index (χ3v) is 4.06. The van der Waals surface area contributed by atoms with Crippen molar-refractivity contribution in [2.45, 2.75) is 26.5 Å². The average Bonchev–Trinajstić information content (AvgIpc) is 2.64. The number of ether oxygens (including phenoxy) is 1. The summed E-state index contributed by atoms with van der Waals surface area (Å²) < 4.78 is 5.34. The fourth-order valence-electron chi connectivity index (χ4n) is 3.09. The lowest BCUT2D eigenvalue weighted by atomic mass is 10.1. The molecule has 0 spiro atoms. The van der Waals surface area contributed by atoms with Crippen LogP contribution in [0, 0.1) is 13.8 Å². The van der Waals surface area contributed by atoms with Gasteiger partial charge in [-0.15, -0.1) is 0 Å². The molecule has 0 radical (unpaired) electrons. The Labute approximate surface area is 129 Å². The molecule has 1 aromatic carbocycles. The minimum absolute atomic E-state index is 0.0437. The SMILES string of the molecule is Cc1cc(C)c2[nH]c(CN3CCOC[C@@H](O)C3)cc(=O)c2c1. The molecule has 1 saturated heterocycles. The van der Waals surface area contributed by atoms with Crippen LogP contribution >= 0.6 is 0 Å². The van der Waals surface area contributed by atoms with Crippen LogP contribution in [0.1, 0.15) is 16.8 Å². The lowest BCUT2D eigenvalue weighted by Crippen LogP contribution is -2.32. The third kappa shape index (κ3) is 3.21. The molecule has 0 saturated carbocycles. The standard InChI is InChI=1S/C17H22N2O3/c1-11-5-12(2)17-15(6-11)16(21)7-13(18-17)8-19-3-4-22-10-14(20)9-19/h5-7,14,20H,3-4,8-10H2,1-2H3,(H,18,21)/t14-/m0/s1. The van der Waals surface area contributed by atoms with Crippen molar-refractivity contribution < 1.29 is 9.84 Å². The Morgan fingerprint density at radius 3 is 3.00 bits per heavy atom. The Morgan fingerprint density at radius 1 is 1.36 bits per heavy atom. The molecule has 0 aliphatic carbocycles. The van der Waals surface area contributed by atoms with Gasteiger partial charge in [0.15, 0.2) is 5.43 Å². The number of aromatic amines is 1. The van der Waals surface area contributed by atoms with Crippen molar-refractivity contribution >= 4 is 10.9 Å². The fraction of sp³-hybridized carbons (Fsp3) is 0.471. The first-order chi connectivity index (χ1) is 10.5. The average molecular weight is 302 g/mol. The van der Waals surface area contributed by atoms with Crippen LogP contribution in [0.15, 0.2) is 23.0 Å². The molecule has 5 heteroatoms. The molecule has 118 valence electrons. The summed E-state index contributed by atoms with van der Waals surface area (Å²) in [6.45, 7) is 6.92. The van der Waals surface area contributed by atoms with E-state index in [1.165, 1.54) is 0 Å². The highest BCUT2D eigenvalue weighted by atomic mass is 16.5. The maximum atomic E-state index is 12.4. The minimum Gasteiger partial charge on any atom is -0.389 e. The number of aryl methyl sites for hydroxylation is 2. The van der Waals surface area contributed by atoms with E-state index >= 15 is 0 Å². The number of H-pyrrole nitrogens is 1. The van der Waals surface area contributed by atoms with Gasteiger partial charge in [-0.3, -0.25) is 9.69 Å². The van der Waals surface area contributed by atoms with Crippen LogP contribution < -0.4 is 5.43 Å². The van der Waals surface area contributed by atoms with Crippen LogP contribution in [0.3, 0.4) is 0 Å². The lowest BCUT2D eigenvalue weighted by Gasteiger charge is -2.21. The largest absolute Gasteiger partial charge is 0.389 e. The topological polar surface area (TPSA) is 65.6 Å². The van der Waals surface area contributed by atoms with E-state index in [9.17, 15) is 9.90 Å². The van der Waals surface area contributed by atoms with Gasteiger partial charge in [-0.1, -0.05) is 6.07 Å². The second-order valence-electron chi connectivity index (χ2n) is 6.13. The van der Waals surface area contributed by atoms with Crippen molar-refractivity contribution in [3.05, 3.63) is 45.2 Å². The zero-order chi connectivity index (χ0) is 15.7. The summed E-state index contributed by atoms with van der Waals surface area (Å²) in [6, 6.07) is 5.67. The van der Waals surface area contributed by atoms with Crippen LogP contribution in [0.5, 0.6) is 0 Å². The van der Waals surface area contributed by atoms with Crippen LogP contribution in [-0.4, -0.2) is 47.4 Å². The van der Waals surface area contributed by atoms with Gasteiger partial charge in [0.1, 0.15) is 0 Å². The summed E-state index contributed by atoms with van der Waals surface area (Å²) in [6.07, 6.45) is -0.473. The molecule has 1 aromatic heterocycles. The summed E-state index contributed by atoms with van der Waals surface area (Å²) >= 11 is 0. The van der Waals surface area contributed by atoms with Crippen molar-refractivity contribution in [3.63, 3.8) is 0 Å². The van der Waals surface area contributed by atoms with Gasteiger partial charge in [-0.2, -0.15) is 0 Å². The van der Waals surface area contributed by atoms with Crippen molar-refractivity contribution in [2.24, 2.45) is 0 Å². The van der Waals surface area contributed by atoms with Crippen molar-refractivity contribution in [2.75, 3.05) is 26.3 Å². The zero-order valence-corrected chi connectivity index (χ0v) is 13.1. The highest BCUT2D eigenvalue weighted by molar-refractivity contribution is 5.82. The van der Waals surface area contributed by atoms with Crippen LogP contribution in [0.4, 0.5) is 0 Å². The van der Waals surface area contributed by atoms with Gasteiger partial charge in [-0.05, 0) is 31.0 Å².